The number of hydrogen-bond donors (Lipinski definition) is 3. The third kappa shape index (κ3) is 3.67. The molecular weight excluding hydrogens is 202 g/mol. The monoisotopic (exact) mass is 225 g/mol. The van der Waals surface area contributed by atoms with Crippen molar-refractivity contribution in [1.29, 1.82) is 0 Å². The molecule has 16 heavy (non-hydrogen) atoms. The van der Waals surface area contributed by atoms with E-state index in [1.54, 1.807) is 0 Å². The number of rotatable bonds is 3. The molecule has 2 aliphatic rings. The van der Waals surface area contributed by atoms with Gasteiger partial charge in [-0.25, -0.2) is 4.79 Å². The SMILES string of the molecule is O=C(NCC1CCNCC1)NC1CCCC1. The molecule has 0 bridgehead atoms. The molecule has 0 aromatic heterocycles. The van der Waals surface area contributed by atoms with Crippen LogP contribution in [-0.4, -0.2) is 31.7 Å². The first-order valence-corrected chi connectivity index (χ1v) is 6.59. The van der Waals surface area contributed by atoms with Crippen LogP contribution in [0, 0.1) is 5.92 Å². The topological polar surface area (TPSA) is 53.2 Å². The first-order chi connectivity index (χ1) is 7.84. The molecule has 0 radical (unpaired) electrons. The second-order valence-electron chi connectivity index (χ2n) is 5.03. The minimum Gasteiger partial charge on any atom is -0.338 e. The van der Waals surface area contributed by atoms with Crippen molar-refractivity contribution in [2.24, 2.45) is 5.92 Å². The number of nitrogens with one attached hydrogen (secondary N) is 3. The Hall–Kier alpha value is -0.770. The zero-order chi connectivity index (χ0) is 11.2. The molecule has 0 spiro atoms. The van der Waals surface area contributed by atoms with E-state index < -0.39 is 0 Å². The van der Waals surface area contributed by atoms with Gasteiger partial charge < -0.3 is 16.0 Å². The fourth-order valence-corrected chi connectivity index (χ4v) is 2.63. The van der Waals surface area contributed by atoms with Gasteiger partial charge in [-0.05, 0) is 44.7 Å². The van der Waals surface area contributed by atoms with Crippen LogP contribution in [0.15, 0.2) is 0 Å². The van der Waals surface area contributed by atoms with Gasteiger partial charge in [-0.2, -0.15) is 0 Å². The van der Waals surface area contributed by atoms with Crippen LogP contribution in [0.1, 0.15) is 38.5 Å². The van der Waals surface area contributed by atoms with E-state index >= 15 is 0 Å². The molecule has 1 saturated heterocycles. The van der Waals surface area contributed by atoms with E-state index in [2.05, 4.69) is 16.0 Å². The minimum absolute atomic E-state index is 0.0328. The van der Waals surface area contributed by atoms with Crippen molar-refractivity contribution in [3.8, 4) is 0 Å². The lowest BCUT2D eigenvalue weighted by Gasteiger charge is -2.23. The third-order valence-electron chi connectivity index (χ3n) is 3.70. The number of carbonyl (C=O) groups excluding carboxylic acids is 1. The first kappa shape index (κ1) is 11.7. The second-order valence-corrected chi connectivity index (χ2v) is 5.03. The Morgan fingerprint density at radius 3 is 2.50 bits per heavy atom. The largest absolute Gasteiger partial charge is 0.338 e. The Morgan fingerprint density at radius 2 is 1.81 bits per heavy atom. The van der Waals surface area contributed by atoms with Gasteiger partial charge in [-0.3, -0.25) is 0 Å². The summed E-state index contributed by atoms with van der Waals surface area (Å²) < 4.78 is 0. The fraction of sp³-hybridized carbons (Fsp3) is 0.917. The van der Waals surface area contributed by atoms with Gasteiger partial charge in [-0.15, -0.1) is 0 Å². The van der Waals surface area contributed by atoms with Crippen LogP contribution in [-0.2, 0) is 0 Å². The van der Waals surface area contributed by atoms with Gasteiger partial charge in [0.2, 0.25) is 0 Å². The summed E-state index contributed by atoms with van der Waals surface area (Å²) in [5.41, 5.74) is 0. The van der Waals surface area contributed by atoms with Crippen molar-refractivity contribution in [1.82, 2.24) is 16.0 Å². The molecule has 4 heteroatoms. The summed E-state index contributed by atoms with van der Waals surface area (Å²) >= 11 is 0. The van der Waals surface area contributed by atoms with Crippen molar-refractivity contribution in [3.05, 3.63) is 0 Å². The molecule has 1 aliphatic carbocycles. The normalized spacial score (nSPS) is 23.2. The van der Waals surface area contributed by atoms with E-state index in [1.165, 1.54) is 25.7 Å². The smallest absolute Gasteiger partial charge is 0.315 e. The predicted molar refractivity (Wildman–Crippen MR) is 64.4 cm³/mol. The number of hydrogen-bond acceptors (Lipinski definition) is 2. The Kier molecular flexibility index (Phi) is 4.45. The van der Waals surface area contributed by atoms with Gasteiger partial charge in [0.1, 0.15) is 0 Å². The van der Waals surface area contributed by atoms with E-state index in [1.807, 2.05) is 0 Å². The molecule has 4 nitrogen and oxygen atoms in total. The second kappa shape index (κ2) is 6.09. The Labute approximate surface area is 97.6 Å². The van der Waals surface area contributed by atoms with Crippen molar-refractivity contribution >= 4 is 6.03 Å². The molecule has 0 aromatic rings. The molecule has 3 N–H and O–H groups in total. The lowest BCUT2D eigenvalue weighted by Crippen LogP contribution is -2.44. The highest BCUT2D eigenvalue weighted by atomic mass is 16.2. The van der Waals surface area contributed by atoms with Crippen LogP contribution < -0.4 is 16.0 Å². The fourth-order valence-electron chi connectivity index (χ4n) is 2.63. The van der Waals surface area contributed by atoms with E-state index in [9.17, 15) is 4.79 Å². The van der Waals surface area contributed by atoms with E-state index in [0.717, 1.165) is 32.5 Å². The molecule has 1 heterocycles. The zero-order valence-corrected chi connectivity index (χ0v) is 9.93. The van der Waals surface area contributed by atoms with Gasteiger partial charge in [0.25, 0.3) is 0 Å². The van der Waals surface area contributed by atoms with E-state index in [0.29, 0.717) is 12.0 Å². The Bertz CT molecular complexity index is 220. The highest BCUT2D eigenvalue weighted by Gasteiger charge is 2.18. The van der Waals surface area contributed by atoms with Crippen LogP contribution in [0.2, 0.25) is 0 Å². The number of amides is 2. The molecule has 0 unspecified atom stereocenters. The average molecular weight is 225 g/mol. The molecule has 2 fully saturated rings. The average Bonchev–Trinajstić information content (AvgIpc) is 2.81. The molecule has 0 aromatic carbocycles. The van der Waals surface area contributed by atoms with Crippen molar-refractivity contribution in [2.45, 2.75) is 44.6 Å². The zero-order valence-electron chi connectivity index (χ0n) is 9.93. The summed E-state index contributed by atoms with van der Waals surface area (Å²) in [6.07, 6.45) is 7.20. The van der Waals surface area contributed by atoms with Crippen molar-refractivity contribution in [2.75, 3.05) is 19.6 Å². The summed E-state index contributed by atoms with van der Waals surface area (Å²) in [7, 11) is 0. The summed E-state index contributed by atoms with van der Waals surface area (Å²) in [6.45, 7) is 3.02. The lowest BCUT2D eigenvalue weighted by atomic mass is 9.98. The maximum absolute atomic E-state index is 11.6. The summed E-state index contributed by atoms with van der Waals surface area (Å²) in [5.74, 6) is 0.663. The maximum Gasteiger partial charge on any atom is 0.315 e. The highest BCUT2D eigenvalue weighted by molar-refractivity contribution is 5.74. The lowest BCUT2D eigenvalue weighted by molar-refractivity contribution is 0.233. The summed E-state index contributed by atoms with van der Waals surface area (Å²) in [5, 5.41) is 9.39. The van der Waals surface area contributed by atoms with Gasteiger partial charge in [0.05, 0.1) is 0 Å². The van der Waals surface area contributed by atoms with Crippen LogP contribution in [0.25, 0.3) is 0 Å². The molecule has 0 atom stereocenters. The van der Waals surface area contributed by atoms with Gasteiger partial charge in [0.15, 0.2) is 0 Å². The number of carbonyl (C=O) groups is 1. The molecule has 2 amide bonds. The Morgan fingerprint density at radius 1 is 1.12 bits per heavy atom. The third-order valence-corrected chi connectivity index (χ3v) is 3.70. The number of urea groups is 1. The van der Waals surface area contributed by atoms with Gasteiger partial charge >= 0.3 is 6.03 Å². The number of piperidine rings is 1. The quantitative estimate of drug-likeness (QED) is 0.676. The van der Waals surface area contributed by atoms with Crippen LogP contribution in [0.5, 0.6) is 0 Å². The van der Waals surface area contributed by atoms with E-state index in [-0.39, 0.29) is 6.03 Å². The van der Waals surface area contributed by atoms with Crippen LogP contribution in [0.4, 0.5) is 4.79 Å². The maximum atomic E-state index is 11.6. The molecule has 1 aliphatic heterocycles. The molecule has 1 saturated carbocycles. The molecule has 2 rings (SSSR count). The van der Waals surface area contributed by atoms with Crippen molar-refractivity contribution in [3.63, 3.8) is 0 Å². The standard InChI is InChI=1S/C12H23N3O/c16-12(15-11-3-1-2-4-11)14-9-10-5-7-13-8-6-10/h10-11,13H,1-9H2,(H2,14,15,16). The predicted octanol–water partition coefficient (Wildman–Crippen LogP) is 1.23. The first-order valence-electron chi connectivity index (χ1n) is 6.59. The van der Waals surface area contributed by atoms with Gasteiger partial charge in [0, 0.05) is 12.6 Å². The van der Waals surface area contributed by atoms with Gasteiger partial charge in [-0.1, -0.05) is 12.8 Å². The minimum atomic E-state index is 0.0328. The summed E-state index contributed by atoms with van der Waals surface area (Å²) in [4.78, 5) is 11.6. The molecule has 92 valence electrons. The summed E-state index contributed by atoms with van der Waals surface area (Å²) in [6, 6.07) is 0.457. The Balaban J connectivity index is 1.59. The van der Waals surface area contributed by atoms with E-state index in [4.69, 9.17) is 0 Å². The van der Waals surface area contributed by atoms with Crippen LogP contribution in [0.3, 0.4) is 0 Å². The highest BCUT2D eigenvalue weighted by Crippen LogP contribution is 2.17. The van der Waals surface area contributed by atoms with Crippen LogP contribution >= 0.6 is 0 Å². The van der Waals surface area contributed by atoms with Crippen molar-refractivity contribution < 1.29 is 4.79 Å². The molecular formula is C12H23N3O.